The molecular formula is C9H10O3. The molecule has 3 heteroatoms. The summed E-state index contributed by atoms with van der Waals surface area (Å²) >= 11 is 0. The minimum Gasteiger partial charge on any atom is -0.508 e. The third-order valence-electron chi connectivity index (χ3n) is 2.07. The first kappa shape index (κ1) is 7.58. The molecule has 0 aliphatic carbocycles. The van der Waals surface area contributed by atoms with Crippen LogP contribution in [-0.4, -0.2) is 23.4 Å². The molecule has 1 aromatic carbocycles. The molecule has 0 amide bonds. The van der Waals surface area contributed by atoms with Gasteiger partial charge in [-0.25, -0.2) is 0 Å². The molecule has 1 fully saturated rings. The summed E-state index contributed by atoms with van der Waals surface area (Å²) in [5, 5.41) is 18.9. The van der Waals surface area contributed by atoms with Crippen molar-refractivity contribution < 1.29 is 14.9 Å². The van der Waals surface area contributed by atoms with E-state index in [0.717, 1.165) is 0 Å². The van der Waals surface area contributed by atoms with Crippen LogP contribution in [0.25, 0.3) is 0 Å². The Morgan fingerprint density at radius 3 is 2.58 bits per heavy atom. The molecule has 1 aliphatic heterocycles. The van der Waals surface area contributed by atoms with Crippen molar-refractivity contribution in [3.05, 3.63) is 29.8 Å². The second kappa shape index (κ2) is 2.47. The van der Waals surface area contributed by atoms with Crippen LogP contribution in [0.4, 0.5) is 0 Å². The first-order valence-corrected chi connectivity index (χ1v) is 3.80. The van der Waals surface area contributed by atoms with Gasteiger partial charge in [0.2, 0.25) is 0 Å². The van der Waals surface area contributed by atoms with E-state index in [1.54, 1.807) is 24.3 Å². The molecule has 0 aromatic heterocycles. The molecule has 3 nitrogen and oxygen atoms in total. The molecule has 2 N–H and O–H groups in total. The van der Waals surface area contributed by atoms with Gasteiger partial charge in [0.15, 0.2) is 0 Å². The summed E-state index contributed by atoms with van der Waals surface area (Å²) < 4.78 is 4.90. The molecule has 1 aromatic rings. The molecule has 1 aliphatic rings. The van der Waals surface area contributed by atoms with Gasteiger partial charge in [-0.15, -0.1) is 0 Å². The Morgan fingerprint density at radius 2 is 2.08 bits per heavy atom. The molecule has 64 valence electrons. The van der Waals surface area contributed by atoms with Gasteiger partial charge in [0.1, 0.15) is 11.4 Å². The summed E-state index contributed by atoms with van der Waals surface area (Å²) in [6, 6.07) is 6.62. The lowest BCUT2D eigenvalue weighted by Crippen LogP contribution is -2.46. The zero-order valence-corrected chi connectivity index (χ0v) is 6.53. The largest absolute Gasteiger partial charge is 0.508 e. The van der Waals surface area contributed by atoms with E-state index in [1.807, 2.05) is 0 Å². The summed E-state index contributed by atoms with van der Waals surface area (Å²) in [5.41, 5.74) is -0.160. The smallest absolute Gasteiger partial charge is 0.136 e. The van der Waals surface area contributed by atoms with E-state index < -0.39 is 5.60 Å². The van der Waals surface area contributed by atoms with Crippen molar-refractivity contribution in [2.75, 3.05) is 13.2 Å². The highest BCUT2D eigenvalue weighted by atomic mass is 16.5. The maximum Gasteiger partial charge on any atom is 0.136 e. The van der Waals surface area contributed by atoms with Gasteiger partial charge in [-0.05, 0) is 17.7 Å². The van der Waals surface area contributed by atoms with E-state index in [1.165, 1.54) is 0 Å². The fourth-order valence-corrected chi connectivity index (χ4v) is 1.26. The van der Waals surface area contributed by atoms with Crippen molar-refractivity contribution in [1.29, 1.82) is 0 Å². The molecule has 0 bridgehead atoms. The van der Waals surface area contributed by atoms with Crippen LogP contribution in [0.5, 0.6) is 5.75 Å². The van der Waals surface area contributed by atoms with Gasteiger partial charge in [-0.1, -0.05) is 12.1 Å². The van der Waals surface area contributed by atoms with E-state index in [-0.39, 0.29) is 5.75 Å². The van der Waals surface area contributed by atoms with Gasteiger partial charge in [-0.3, -0.25) is 0 Å². The average Bonchev–Trinajstić information content (AvgIpc) is 2.00. The lowest BCUT2D eigenvalue weighted by atomic mass is 9.92. The number of hydrogen-bond acceptors (Lipinski definition) is 3. The predicted molar refractivity (Wildman–Crippen MR) is 42.8 cm³/mol. The standard InChI is InChI=1S/C9H10O3/c10-8-3-1-2-7(4-8)9(11)5-12-6-9/h1-4,10-11H,5-6H2. The first-order valence-electron chi connectivity index (χ1n) is 3.80. The highest BCUT2D eigenvalue weighted by Gasteiger charge is 2.37. The maximum absolute atomic E-state index is 9.77. The zero-order valence-electron chi connectivity index (χ0n) is 6.53. The maximum atomic E-state index is 9.77. The van der Waals surface area contributed by atoms with E-state index in [2.05, 4.69) is 0 Å². The van der Waals surface area contributed by atoms with Gasteiger partial charge < -0.3 is 14.9 Å². The van der Waals surface area contributed by atoms with Gasteiger partial charge in [0.05, 0.1) is 13.2 Å². The number of ether oxygens (including phenoxy) is 1. The first-order chi connectivity index (χ1) is 5.71. The number of phenolic OH excluding ortho intramolecular Hbond substituents is 1. The number of hydrogen-bond donors (Lipinski definition) is 2. The Balaban J connectivity index is 2.33. The van der Waals surface area contributed by atoms with Crippen molar-refractivity contribution in [1.82, 2.24) is 0 Å². The molecule has 0 atom stereocenters. The third-order valence-corrected chi connectivity index (χ3v) is 2.07. The van der Waals surface area contributed by atoms with Crippen LogP contribution >= 0.6 is 0 Å². The number of benzene rings is 1. The van der Waals surface area contributed by atoms with Crippen molar-refractivity contribution in [3.8, 4) is 5.75 Å². The quantitative estimate of drug-likeness (QED) is 0.642. The zero-order chi connectivity index (χ0) is 8.60. The monoisotopic (exact) mass is 166 g/mol. The molecule has 0 radical (unpaired) electrons. The molecule has 1 heterocycles. The summed E-state index contributed by atoms with van der Waals surface area (Å²) in [7, 11) is 0. The van der Waals surface area contributed by atoms with E-state index in [4.69, 9.17) is 9.84 Å². The number of phenols is 1. The topological polar surface area (TPSA) is 49.7 Å². The van der Waals surface area contributed by atoms with Crippen molar-refractivity contribution in [2.45, 2.75) is 5.60 Å². The van der Waals surface area contributed by atoms with E-state index in [9.17, 15) is 5.11 Å². The Kier molecular flexibility index (Phi) is 1.56. The van der Waals surface area contributed by atoms with Crippen LogP contribution in [0.2, 0.25) is 0 Å². The van der Waals surface area contributed by atoms with Crippen LogP contribution < -0.4 is 0 Å². The van der Waals surface area contributed by atoms with Crippen LogP contribution in [-0.2, 0) is 10.3 Å². The molecule has 0 unspecified atom stereocenters. The second-order valence-corrected chi connectivity index (χ2v) is 3.07. The minimum atomic E-state index is -0.876. The lowest BCUT2D eigenvalue weighted by molar-refractivity contribution is -0.184. The fourth-order valence-electron chi connectivity index (χ4n) is 1.26. The van der Waals surface area contributed by atoms with Gasteiger partial charge in [-0.2, -0.15) is 0 Å². The Hall–Kier alpha value is -1.06. The average molecular weight is 166 g/mol. The van der Waals surface area contributed by atoms with Gasteiger partial charge in [0, 0.05) is 0 Å². The number of aliphatic hydroxyl groups is 1. The highest BCUT2D eigenvalue weighted by molar-refractivity contribution is 5.32. The summed E-state index contributed by atoms with van der Waals surface area (Å²) in [5.74, 6) is 0.174. The fraction of sp³-hybridized carbons (Fsp3) is 0.333. The number of aromatic hydroxyl groups is 1. The second-order valence-electron chi connectivity index (χ2n) is 3.07. The van der Waals surface area contributed by atoms with Gasteiger partial charge in [0.25, 0.3) is 0 Å². The Bertz CT molecular complexity index is 292. The molecule has 2 rings (SSSR count). The minimum absolute atomic E-state index is 0.174. The summed E-state index contributed by atoms with van der Waals surface area (Å²) in [6.07, 6.45) is 0. The number of rotatable bonds is 1. The third kappa shape index (κ3) is 1.07. The van der Waals surface area contributed by atoms with Crippen LogP contribution in [0.15, 0.2) is 24.3 Å². The van der Waals surface area contributed by atoms with Gasteiger partial charge >= 0.3 is 0 Å². The van der Waals surface area contributed by atoms with Crippen LogP contribution in [0.3, 0.4) is 0 Å². The molecule has 12 heavy (non-hydrogen) atoms. The molecule has 0 saturated carbocycles. The Labute approximate surface area is 70.2 Å². The van der Waals surface area contributed by atoms with Crippen molar-refractivity contribution >= 4 is 0 Å². The van der Waals surface area contributed by atoms with E-state index >= 15 is 0 Å². The van der Waals surface area contributed by atoms with Crippen molar-refractivity contribution in [3.63, 3.8) is 0 Å². The molecule has 1 saturated heterocycles. The van der Waals surface area contributed by atoms with Crippen LogP contribution in [0.1, 0.15) is 5.56 Å². The predicted octanol–water partition coefficient (Wildman–Crippen LogP) is 0.610. The normalized spacial score (nSPS) is 20.1. The van der Waals surface area contributed by atoms with Crippen LogP contribution in [0, 0.1) is 0 Å². The van der Waals surface area contributed by atoms with E-state index in [0.29, 0.717) is 18.8 Å². The lowest BCUT2D eigenvalue weighted by Gasteiger charge is -2.36. The highest BCUT2D eigenvalue weighted by Crippen LogP contribution is 2.30. The molecule has 0 spiro atoms. The Morgan fingerprint density at radius 1 is 1.33 bits per heavy atom. The summed E-state index contributed by atoms with van der Waals surface area (Å²) in [4.78, 5) is 0. The summed E-state index contributed by atoms with van der Waals surface area (Å²) in [6.45, 7) is 0.632. The van der Waals surface area contributed by atoms with Crippen molar-refractivity contribution in [2.24, 2.45) is 0 Å². The SMILES string of the molecule is Oc1cccc(C2(O)COC2)c1. The molecular weight excluding hydrogens is 156 g/mol.